The van der Waals surface area contributed by atoms with E-state index in [9.17, 15) is 0 Å². The van der Waals surface area contributed by atoms with Crippen LogP contribution in [0.2, 0.25) is 5.02 Å². The lowest BCUT2D eigenvalue weighted by Gasteiger charge is -2.07. The topological polar surface area (TPSA) is 83.4 Å². The number of nitrogen functional groups attached to an aromatic ring is 1. The maximum Gasteiger partial charge on any atom is 0.258 e. The molecule has 0 spiro atoms. The third-order valence-electron chi connectivity index (χ3n) is 3.31. The first-order valence-corrected chi connectivity index (χ1v) is 7.11. The van der Waals surface area contributed by atoms with Crippen molar-refractivity contribution in [2.45, 2.75) is 0 Å². The quantitative estimate of drug-likeness (QED) is 0.734. The van der Waals surface area contributed by atoms with E-state index in [1.807, 2.05) is 6.07 Å². The van der Waals surface area contributed by atoms with Crippen LogP contribution in [0.4, 0.5) is 5.69 Å². The van der Waals surface area contributed by atoms with E-state index < -0.39 is 0 Å². The Balaban J connectivity index is 1.97. The van der Waals surface area contributed by atoms with Crippen molar-refractivity contribution in [1.82, 2.24) is 10.1 Å². The molecule has 0 bridgehead atoms. The summed E-state index contributed by atoms with van der Waals surface area (Å²) < 4.78 is 15.8. The molecule has 0 saturated heterocycles. The van der Waals surface area contributed by atoms with Crippen LogP contribution in [-0.4, -0.2) is 24.4 Å². The van der Waals surface area contributed by atoms with Crippen LogP contribution in [0.25, 0.3) is 22.8 Å². The van der Waals surface area contributed by atoms with Crippen molar-refractivity contribution in [2.75, 3.05) is 20.0 Å². The average Bonchev–Trinajstić information content (AvgIpc) is 3.06. The Morgan fingerprint density at radius 3 is 2.43 bits per heavy atom. The molecule has 0 aliphatic carbocycles. The molecule has 0 unspecified atom stereocenters. The first-order chi connectivity index (χ1) is 11.1. The molecular formula is C16H14ClN3O3. The number of hydrogen-bond acceptors (Lipinski definition) is 6. The second kappa shape index (κ2) is 6.18. The standard InChI is InChI=1S/C16H14ClN3O3/c1-21-13-6-4-9(8-14(13)22-2)15-19-16(23-20-15)10-3-5-11(17)12(18)7-10/h3-8H,18H2,1-2H3. The third kappa shape index (κ3) is 2.93. The average molecular weight is 332 g/mol. The maximum absolute atomic E-state index is 5.91. The van der Waals surface area contributed by atoms with Crippen LogP contribution >= 0.6 is 11.6 Å². The highest BCUT2D eigenvalue weighted by molar-refractivity contribution is 6.33. The molecule has 0 amide bonds. The van der Waals surface area contributed by atoms with Gasteiger partial charge in [-0.1, -0.05) is 16.8 Å². The van der Waals surface area contributed by atoms with Crippen LogP contribution in [0.5, 0.6) is 11.5 Å². The predicted octanol–water partition coefficient (Wildman–Crippen LogP) is 3.66. The molecule has 1 heterocycles. The predicted molar refractivity (Wildman–Crippen MR) is 87.7 cm³/mol. The van der Waals surface area contributed by atoms with Gasteiger partial charge in [-0.2, -0.15) is 4.98 Å². The lowest BCUT2D eigenvalue weighted by molar-refractivity contribution is 0.355. The number of methoxy groups -OCH3 is 2. The monoisotopic (exact) mass is 331 g/mol. The van der Waals surface area contributed by atoms with E-state index in [0.29, 0.717) is 39.5 Å². The van der Waals surface area contributed by atoms with E-state index in [1.165, 1.54) is 0 Å². The van der Waals surface area contributed by atoms with Gasteiger partial charge in [0.1, 0.15) is 0 Å². The Bertz CT molecular complexity index is 848. The van der Waals surface area contributed by atoms with Crippen LogP contribution in [-0.2, 0) is 0 Å². The molecule has 7 heteroatoms. The molecule has 0 saturated carbocycles. The molecule has 3 aromatic rings. The van der Waals surface area contributed by atoms with E-state index in [1.54, 1.807) is 44.6 Å². The van der Waals surface area contributed by atoms with Crippen molar-refractivity contribution in [3.8, 4) is 34.3 Å². The second-order valence-corrected chi connectivity index (χ2v) is 5.14. The summed E-state index contributed by atoms with van der Waals surface area (Å²) in [5.41, 5.74) is 7.70. The van der Waals surface area contributed by atoms with Gasteiger partial charge in [0, 0.05) is 11.1 Å². The van der Waals surface area contributed by atoms with Gasteiger partial charge in [0.2, 0.25) is 5.82 Å². The molecule has 6 nitrogen and oxygen atoms in total. The molecule has 3 rings (SSSR count). The highest BCUT2D eigenvalue weighted by atomic mass is 35.5. The van der Waals surface area contributed by atoms with Gasteiger partial charge >= 0.3 is 0 Å². The van der Waals surface area contributed by atoms with Crippen molar-refractivity contribution in [3.05, 3.63) is 41.4 Å². The first-order valence-electron chi connectivity index (χ1n) is 6.74. The van der Waals surface area contributed by atoms with E-state index in [4.69, 9.17) is 31.3 Å². The van der Waals surface area contributed by atoms with E-state index in [0.717, 1.165) is 5.56 Å². The molecule has 0 atom stereocenters. The van der Waals surface area contributed by atoms with Gasteiger partial charge in [0.25, 0.3) is 5.89 Å². The summed E-state index contributed by atoms with van der Waals surface area (Å²) in [4.78, 5) is 4.38. The number of anilines is 1. The lowest BCUT2D eigenvalue weighted by Crippen LogP contribution is -1.91. The number of hydrogen-bond donors (Lipinski definition) is 1. The van der Waals surface area contributed by atoms with Crippen LogP contribution in [0, 0.1) is 0 Å². The summed E-state index contributed by atoms with van der Waals surface area (Å²) in [5.74, 6) is 2.02. The molecule has 0 radical (unpaired) electrons. The SMILES string of the molecule is COc1ccc(-c2noc(-c3ccc(Cl)c(N)c3)n2)cc1OC. The Kier molecular flexibility index (Phi) is 4.08. The zero-order valence-corrected chi connectivity index (χ0v) is 13.3. The van der Waals surface area contributed by atoms with Crippen molar-refractivity contribution in [1.29, 1.82) is 0 Å². The number of nitrogens with two attached hydrogens (primary N) is 1. The molecular weight excluding hydrogens is 318 g/mol. The number of benzene rings is 2. The molecule has 2 aromatic carbocycles. The van der Waals surface area contributed by atoms with E-state index in [-0.39, 0.29) is 0 Å². The van der Waals surface area contributed by atoms with Gasteiger partial charge in [-0.25, -0.2) is 0 Å². The Morgan fingerprint density at radius 1 is 1.00 bits per heavy atom. The first kappa shape index (κ1) is 15.2. The molecule has 0 fully saturated rings. The van der Waals surface area contributed by atoms with Crippen molar-refractivity contribution >= 4 is 17.3 Å². The normalized spacial score (nSPS) is 10.6. The summed E-state index contributed by atoms with van der Waals surface area (Å²) in [7, 11) is 3.15. The van der Waals surface area contributed by atoms with Crippen molar-refractivity contribution in [2.24, 2.45) is 0 Å². The Labute approximate surface area is 137 Å². The smallest absolute Gasteiger partial charge is 0.258 e. The largest absolute Gasteiger partial charge is 0.493 e. The fraction of sp³-hybridized carbons (Fsp3) is 0.125. The van der Waals surface area contributed by atoms with Crippen molar-refractivity contribution in [3.63, 3.8) is 0 Å². The van der Waals surface area contributed by atoms with Gasteiger partial charge in [-0.05, 0) is 36.4 Å². The highest BCUT2D eigenvalue weighted by Crippen LogP contribution is 2.32. The number of nitrogens with zero attached hydrogens (tertiary/aromatic N) is 2. The van der Waals surface area contributed by atoms with Crippen LogP contribution in [0.15, 0.2) is 40.9 Å². The summed E-state index contributed by atoms with van der Waals surface area (Å²) in [6, 6.07) is 10.5. The summed E-state index contributed by atoms with van der Waals surface area (Å²) in [6.07, 6.45) is 0. The van der Waals surface area contributed by atoms with Gasteiger partial charge in [0.05, 0.1) is 24.9 Å². The molecule has 2 N–H and O–H groups in total. The van der Waals surface area contributed by atoms with Gasteiger partial charge < -0.3 is 19.7 Å². The zero-order chi connectivity index (χ0) is 16.4. The summed E-state index contributed by atoms with van der Waals surface area (Å²) in [6.45, 7) is 0. The third-order valence-corrected chi connectivity index (χ3v) is 3.65. The number of halogens is 1. The van der Waals surface area contributed by atoms with Crippen LogP contribution < -0.4 is 15.2 Å². The summed E-state index contributed by atoms with van der Waals surface area (Å²) in [5, 5.41) is 4.47. The molecule has 0 aliphatic rings. The minimum Gasteiger partial charge on any atom is -0.493 e. The van der Waals surface area contributed by atoms with E-state index >= 15 is 0 Å². The minimum atomic E-state index is 0.359. The van der Waals surface area contributed by atoms with Crippen molar-refractivity contribution < 1.29 is 14.0 Å². The zero-order valence-electron chi connectivity index (χ0n) is 12.5. The lowest BCUT2D eigenvalue weighted by atomic mass is 10.2. The molecule has 118 valence electrons. The van der Waals surface area contributed by atoms with Crippen LogP contribution in [0.1, 0.15) is 0 Å². The summed E-state index contributed by atoms with van der Waals surface area (Å²) >= 11 is 5.91. The number of aromatic nitrogens is 2. The second-order valence-electron chi connectivity index (χ2n) is 4.73. The maximum atomic E-state index is 5.91. The Hall–Kier alpha value is -2.73. The molecule has 23 heavy (non-hydrogen) atoms. The number of rotatable bonds is 4. The van der Waals surface area contributed by atoms with Gasteiger partial charge in [-0.3, -0.25) is 0 Å². The Morgan fingerprint density at radius 2 is 1.74 bits per heavy atom. The fourth-order valence-corrected chi connectivity index (χ4v) is 2.23. The highest BCUT2D eigenvalue weighted by Gasteiger charge is 2.14. The van der Waals surface area contributed by atoms with Gasteiger partial charge in [0.15, 0.2) is 11.5 Å². The van der Waals surface area contributed by atoms with Crippen LogP contribution in [0.3, 0.4) is 0 Å². The molecule has 0 aliphatic heterocycles. The number of ether oxygens (including phenoxy) is 2. The van der Waals surface area contributed by atoms with Gasteiger partial charge in [-0.15, -0.1) is 0 Å². The molecule has 1 aromatic heterocycles. The fourth-order valence-electron chi connectivity index (χ4n) is 2.11. The van der Waals surface area contributed by atoms with E-state index in [2.05, 4.69) is 10.1 Å². The minimum absolute atomic E-state index is 0.359.